The predicted octanol–water partition coefficient (Wildman–Crippen LogP) is 3.22. The van der Waals surface area contributed by atoms with E-state index in [4.69, 9.17) is 0 Å². The van der Waals surface area contributed by atoms with Crippen LogP contribution < -0.4 is 5.32 Å². The van der Waals surface area contributed by atoms with E-state index >= 15 is 0 Å². The number of rotatable bonds is 5. The molecule has 1 aromatic carbocycles. The fraction of sp³-hybridized carbons (Fsp3) is 0.474. The van der Waals surface area contributed by atoms with Crippen LogP contribution in [0.15, 0.2) is 23.1 Å². The minimum Gasteiger partial charge on any atom is -0.296 e. The topological polar surface area (TPSA) is 109 Å². The van der Waals surface area contributed by atoms with Gasteiger partial charge in [-0.3, -0.25) is 14.9 Å². The van der Waals surface area contributed by atoms with E-state index < -0.39 is 21.8 Å². The van der Waals surface area contributed by atoms with Gasteiger partial charge >= 0.3 is 0 Å². The van der Waals surface area contributed by atoms with Crippen LogP contribution in [0.4, 0.5) is 5.13 Å². The maximum atomic E-state index is 13.1. The van der Waals surface area contributed by atoms with E-state index in [2.05, 4.69) is 15.5 Å². The van der Waals surface area contributed by atoms with Crippen molar-refractivity contribution in [3.8, 4) is 0 Å². The van der Waals surface area contributed by atoms with Crippen LogP contribution in [0.1, 0.15) is 71.2 Å². The molecule has 29 heavy (non-hydrogen) atoms. The Labute approximate surface area is 173 Å². The van der Waals surface area contributed by atoms with E-state index in [0.29, 0.717) is 18.0 Å². The number of aryl methyl sites for hydroxylation is 1. The van der Waals surface area contributed by atoms with Crippen molar-refractivity contribution >= 4 is 38.3 Å². The van der Waals surface area contributed by atoms with Gasteiger partial charge in [0.2, 0.25) is 5.13 Å². The molecule has 0 saturated heterocycles. The number of anilines is 1. The van der Waals surface area contributed by atoms with Gasteiger partial charge in [0, 0.05) is 18.0 Å². The number of amides is 2. The molecular weight excluding hydrogens is 412 g/mol. The number of nitrogens with one attached hydrogen (secondary N) is 1. The first-order chi connectivity index (χ1) is 13.9. The summed E-state index contributed by atoms with van der Waals surface area (Å²) in [6.45, 7) is 2.03. The van der Waals surface area contributed by atoms with E-state index in [0.717, 1.165) is 41.4 Å². The summed E-state index contributed by atoms with van der Waals surface area (Å²) in [6.07, 6.45) is 5.96. The third-order valence-corrected chi connectivity index (χ3v) is 8.04. The SMILES string of the molecule is CCCc1nnc(NC(=O)c2ccc3c(c2)S(=O)(=O)N(C2CCCCC2)C3=O)s1. The van der Waals surface area contributed by atoms with Crippen LogP contribution in [0.2, 0.25) is 0 Å². The molecule has 2 heterocycles. The molecule has 1 aliphatic heterocycles. The van der Waals surface area contributed by atoms with Gasteiger partial charge in [0.15, 0.2) is 0 Å². The molecule has 2 aliphatic rings. The molecule has 0 bridgehead atoms. The normalized spacial score (nSPS) is 18.7. The van der Waals surface area contributed by atoms with Crippen LogP contribution in [0, 0.1) is 0 Å². The highest BCUT2D eigenvalue weighted by molar-refractivity contribution is 7.90. The second-order valence-corrected chi connectivity index (χ2v) is 10.2. The maximum absolute atomic E-state index is 13.1. The third-order valence-electron chi connectivity index (χ3n) is 5.27. The third kappa shape index (κ3) is 3.66. The monoisotopic (exact) mass is 434 g/mol. The lowest BCUT2D eigenvalue weighted by Gasteiger charge is -2.29. The lowest BCUT2D eigenvalue weighted by atomic mass is 9.95. The molecule has 0 spiro atoms. The Morgan fingerprint density at radius 1 is 1.24 bits per heavy atom. The molecule has 1 N–H and O–H groups in total. The maximum Gasteiger partial charge on any atom is 0.269 e. The van der Waals surface area contributed by atoms with E-state index in [-0.39, 0.29) is 22.1 Å². The van der Waals surface area contributed by atoms with Crippen LogP contribution in [-0.2, 0) is 16.4 Å². The van der Waals surface area contributed by atoms with E-state index in [1.54, 1.807) is 0 Å². The quantitative estimate of drug-likeness (QED) is 0.774. The number of carbonyl (C=O) groups excluding carboxylic acids is 2. The minimum atomic E-state index is -3.95. The van der Waals surface area contributed by atoms with Crippen molar-refractivity contribution in [2.24, 2.45) is 0 Å². The molecule has 1 aromatic heterocycles. The fourth-order valence-electron chi connectivity index (χ4n) is 3.85. The Hall–Kier alpha value is -2.33. The van der Waals surface area contributed by atoms with Crippen molar-refractivity contribution < 1.29 is 18.0 Å². The number of sulfonamides is 1. The summed E-state index contributed by atoms with van der Waals surface area (Å²) in [7, 11) is -3.95. The Bertz CT molecular complexity index is 1060. The molecule has 1 aliphatic carbocycles. The summed E-state index contributed by atoms with van der Waals surface area (Å²) < 4.78 is 27.1. The average Bonchev–Trinajstić information content (AvgIpc) is 3.22. The van der Waals surface area contributed by atoms with Gasteiger partial charge in [-0.15, -0.1) is 10.2 Å². The smallest absolute Gasteiger partial charge is 0.269 e. The summed E-state index contributed by atoms with van der Waals surface area (Å²) in [5, 5.41) is 11.8. The summed E-state index contributed by atoms with van der Waals surface area (Å²) in [5.41, 5.74) is 0.297. The number of hydrogen-bond donors (Lipinski definition) is 1. The highest BCUT2D eigenvalue weighted by atomic mass is 32.2. The van der Waals surface area contributed by atoms with Gasteiger partial charge in [-0.05, 0) is 37.5 Å². The van der Waals surface area contributed by atoms with Crippen LogP contribution in [0.5, 0.6) is 0 Å². The van der Waals surface area contributed by atoms with E-state index in [1.807, 2.05) is 6.92 Å². The van der Waals surface area contributed by atoms with Crippen LogP contribution in [0.3, 0.4) is 0 Å². The van der Waals surface area contributed by atoms with Crippen molar-refractivity contribution in [1.29, 1.82) is 0 Å². The zero-order chi connectivity index (χ0) is 20.6. The molecule has 0 atom stereocenters. The summed E-state index contributed by atoms with van der Waals surface area (Å²) in [6, 6.07) is 3.88. The van der Waals surface area contributed by atoms with Gasteiger partial charge in [-0.2, -0.15) is 0 Å². The molecule has 0 radical (unpaired) electrons. The molecule has 2 aromatic rings. The fourth-order valence-corrected chi connectivity index (χ4v) is 6.53. The van der Waals surface area contributed by atoms with Crippen molar-refractivity contribution in [3.63, 3.8) is 0 Å². The Morgan fingerprint density at radius 2 is 2.00 bits per heavy atom. The summed E-state index contributed by atoms with van der Waals surface area (Å²) in [4.78, 5) is 25.3. The van der Waals surface area contributed by atoms with E-state index in [1.165, 1.54) is 29.5 Å². The second kappa shape index (κ2) is 7.83. The Morgan fingerprint density at radius 3 is 2.72 bits per heavy atom. The number of benzene rings is 1. The number of aromatic nitrogens is 2. The molecule has 1 saturated carbocycles. The molecule has 4 rings (SSSR count). The number of fused-ring (bicyclic) bond motifs is 1. The zero-order valence-electron chi connectivity index (χ0n) is 16.1. The molecule has 2 amide bonds. The molecule has 154 valence electrons. The van der Waals surface area contributed by atoms with Gasteiger partial charge in [0.1, 0.15) is 9.90 Å². The number of hydrogen-bond acceptors (Lipinski definition) is 7. The number of carbonyl (C=O) groups is 2. The lowest BCUT2D eigenvalue weighted by Crippen LogP contribution is -2.40. The van der Waals surface area contributed by atoms with Crippen molar-refractivity contribution in [2.45, 2.75) is 62.8 Å². The van der Waals surface area contributed by atoms with E-state index in [9.17, 15) is 18.0 Å². The van der Waals surface area contributed by atoms with Gasteiger partial charge < -0.3 is 0 Å². The first kappa shape index (κ1) is 20.0. The molecule has 8 nitrogen and oxygen atoms in total. The van der Waals surface area contributed by atoms with Crippen molar-refractivity contribution in [2.75, 3.05) is 5.32 Å². The predicted molar refractivity (Wildman–Crippen MR) is 109 cm³/mol. The standard InChI is InChI=1S/C19H22N4O4S2/c1-2-6-16-21-22-19(28-16)20-17(24)12-9-10-14-15(11-12)29(26,27)23(18(14)25)13-7-4-3-5-8-13/h9-11,13H,2-8H2,1H3,(H,20,22,24). The van der Waals surface area contributed by atoms with Gasteiger partial charge in [-0.1, -0.05) is 37.5 Å². The van der Waals surface area contributed by atoms with Gasteiger partial charge in [0.25, 0.3) is 21.8 Å². The average molecular weight is 435 g/mol. The van der Waals surface area contributed by atoms with Crippen molar-refractivity contribution in [3.05, 3.63) is 34.3 Å². The largest absolute Gasteiger partial charge is 0.296 e. The molecule has 10 heteroatoms. The highest BCUT2D eigenvalue weighted by Crippen LogP contribution is 2.36. The summed E-state index contributed by atoms with van der Waals surface area (Å²) >= 11 is 1.29. The molecule has 0 unspecified atom stereocenters. The van der Waals surface area contributed by atoms with Crippen LogP contribution >= 0.6 is 11.3 Å². The van der Waals surface area contributed by atoms with Gasteiger partial charge in [-0.25, -0.2) is 12.7 Å². The number of nitrogens with zero attached hydrogens (tertiary/aromatic N) is 3. The second-order valence-electron chi connectivity index (χ2n) is 7.31. The first-order valence-electron chi connectivity index (χ1n) is 9.78. The minimum absolute atomic E-state index is 0.0929. The van der Waals surface area contributed by atoms with Crippen LogP contribution in [0.25, 0.3) is 0 Å². The van der Waals surface area contributed by atoms with Crippen LogP contribution in [-0.4, -0.2) is 40.8 Å². The molecule has 1 fully saturated rings. The van der Waals surface area contributed by atoms with Crippen molar-refractivity contribution in [1.82, 2.24) is 14.5 Å². The highest BCUT2D eigenvalue weighted by Gasteiger charge is 2.45. The Balaban J connectivity index is 1.59. The first-order valence-corrected chi connectivity index (χ1v) is 12.0. The zero-order valence-corrected chi connectivity index (χ0v) is 17.7. The summed E-state index contributed by atoms with van der Waals surface area (Å²) in [5.74, 6) is -0.974. The Kier molecular flexibility index (Phi) is 5.39. The lowest BCUT2D eigenvalue weighted by molar-refractivity contribution is 0.0809. The molecular formula is C19H22N4O4S2. The van der Waals surface area contributed by atoms with Gasteiger partial charge in [0.05, 0.1) is 5.56 Å².